The third kappa shape index (κ3) is 3.53. The molecule has 128 valence electrons. The standard InChI is InChI=1S/C14H9Cl2F3N2O2S/c1-3-4-23-10-6-9(8(17)5-7(10)15)21-11(16)12(24-13(18)19)20(2)14(21)22/h1,5-6,13H,4H2,2H3. The minimum atomic E-state index is -2.80. The molecule has 0 atom stereocenters. The molecule has 1 aromatic carbocycles. The van der Waals surface area contributed by atoms with Gasteiger partial charge in [0.2, 0.25) is 0 Å². The molecule has 0 bridgehead atoms. The summed E-state index contributed by atoms with van der Waals surface area (Å²) in [6, 6.07) is 2.04. The van der Waals surface area contributed by atoms with Gasteiger partial charge in [-0.2, -0.15) is 8.78 Å². The highest BCUT2D eigenvalue weighted by Crippen LogP contribution is 2.35. The number of aromatic nitrogens is 2. The number of terminal acetylenes is 1. The summed E-state index contributed by atoms with van der Waals surface area (Å²) in [4.78, 5) is 12.3. The molecular weight excluding hydrogens is 388 g/mol. The van der Waals surface area contributed by atoms with Gasteiger partial charge in [0.1, 0.15) is 28.4 Å². The second kappa shape index (κ2) is 7.47. The number of alkyl halides is 2. The van der Waals surface area contributed by atoms with Gasteiger partial charge >= 0.3 is 5.69 Å². The van der Waals surface area contributed by atoms with Crippen LogP contribution in [0.25, 0.3) is 5.69 Å². The number of rotatable bonds is 5. The molecule has 0 amide bonds. The molecule has 0 unspecified atom stereocenters. The van der Waals surface area contributed by atoms with E-state index in [1.165, 1.54) is 7.05 Å². The topological polar surface area (TPSA) is 36.2 Å². The largest absolute Gasteiger partial charge is 0.479 e. The Bertz CT molecular complexity index is 874. The zero-order valence-electron chi connectivity index (χ0n) is 12.0. The van der Waals surface area contributed by atoms with Crippen molar-refractivity contribution in [3.8, 4) is 23.8 Å². The molecule has 0 aliphatic carbocycles. The second-order valence-corrected chi connectivity index (χ2v) is 6.12. The third-order valence-corrected chi connectivity index (χ3v) is 4.53. The average molecular weight is 397 g/mol. The van der Waals surface area contributed by atoms with Crippen LogP contribution in [0.5, 0.6) is 5.75 Å². The van der Waals surface area contributed by atoms with E-state index in [4.69, 9.17) is 34.4 Å². The molecule has 0 spiro atoms. The van der Waals surface area contributed by atoms with E-state index >= 15 is 0 Å². The highest BCUT2D eigenvalue weighted by Gasteiger charge is 2.23. The SMILES string of the molecule is C#CCOc1cc(-n2c(Cl)c(SC(F)F)n(C)c2=O)c(F)cc1Cl. The third-order valence-electron chi connectivity index (χ3n) is 2.91. The number of ether oxygens (including phenoxy) is 1. The van der Waals surface area contributed by atoms with Crippen LogP contribution in [0.2, 0.25) is 10.2 Å². The van der Waals surface area contributed by atoms with Crippen molar-refractivity contribution in [2.75, 3.05) is 6.61 Å². The second-order valence-electron chi connectivity index (χ2n) is 4.38. The van der Waals surface area contributed by atoms with Crippen LogP contribution in [0.4, 0.5) is 13.2 Å². The fourth-order valence-corrected chi connectivity index (χ4v) is 3.12. The predicted molar refractivity (Wildman–Crippen MR) is 87.2 cm³/mol. The molecule has 0 fully saturated rings. The smallest absolute Gasteiger partial charge is 0.334 e. The van der Waals surface area contributed by atoms with Gasteiger partial charge in [0, 0.05) is 13.1 Å². The van der Waals surface area contributed by atoms with Gasteiger partial charge in [-0.1, -0.05) is 29.1 Å². The highest BCUT2D eigenvalue weighted by atomic mass is 35.5. The number of hydrogen-bond acceptors (Lipinski definition) is 3. The molecule has 2 aromatic rings. The van der Waals surface area contributed by atoms with Crippen molar-refractivity contribution in [2.24, 2.45) is 7.05 Å². The van der Waals surface area contributed by atoms with E-state index in [0.29, 0.717) is 0 Å². The first kappa shape index (κ1) is 18.6. The monoisotopic (exact) mass is 396 g/mol. The number of nitrogens with zero attached hydrogens (tertiary/aromatic N) is 2. The first-order valence-corrected chi connectivity index (χ1v) is 7.89. The molecule has 0 N–H and O–H groups in total. The van der Waals surface area contributed by atoms with Crippen LogP contribution in [0.3, 0.4) is 0 Å². The van der Waals surface area contributed by atoms with Crippen LogP contribution in [0.15, 0.2) is 22.0 Å². The Labute approximate surface area is 149 Å². The van der Waals surface area contributed by atoms with E-state index in [9.17, 15) is 18.0 Å². The molecular formula is C14H9Cl2F3N2O2S. The molecule has 4 nitrogen and oxygen atoms in total. The van der Waals surface area contributed by atoms with E-state index in [-0.39, 0.29) is 45.0 Å². The van der Waals surface area contributed by atoms with Crippen LogP contribution in [-0.4, -0.2) is 21.5 Å². The van der Waals surface area contributed by atoms with Crippen LogP contribution in [0.1, 0.15) is 0 Å². The van der Waals surface area contributed by atoms with Crippen molar-refractivity contribution in [1.82, 2.24) is 9.13 Å². The Hall–Kier alpha value is -1.69. The van der Waals surface area contributed by atoms with Crippen LogP contribution >= 0.6 is 35.0 Å². The molecule has 24 heavy (non-hydrogen) atoms. The zero-order chi connectivity index (χ0) is 18.0. The van der Waals surface area contributed by atoms with E-state index in [2.05, 4.69) is 5.92 Å². The molecule has 0 aliphatic rings. The molecule has 1 heterocycles. The minimum absolute atomic E-state index is 0.0286. The van der Waals surface area contributed by atoms with Crippen molar-refractivity contribution in [2.45, 2.75) is 10.8 Å². The number of imidazole rings is 1. The first-order chi connectivity index (χ1) is 11.3. The quantitative estimate of drug-likeness (QED) is 0.567. The van der Waals surface area contributed by atoms with Crippen molar-refractivity contribution in [3.63, 3.8) is 0 Å². The maximum absolute atomic E-state index is 14.2. The molecule has 0 radical (unpaired) electrons. The highest BCUT2D eigenvalue weighted by molar-refractivity contribution is 7.99. The Morgan fingerprint density at radius 1 is 1.42 bits per heavy atom. The maximum Gasteiger partial charge on any atom is 0.334 e. The number of benzene rings is 1. The number of hydrogen-bond donors (Lipinski definition) is 0. The lowest BCUT2D eigenvalue weighted by Gasteiger charge is -2.10. The summed E-state index contributed by atoms with van der Waals surface area (Å²) in [5, 5.41) is -0.609. The van der Waals surface area contributed by atoms with Crippen molar-refractivity contribution >= 4 is 35.0 Å². The molecule has 0 saturated carbocycles. The van der Waals surface area contributed by atoms with E-state index < -0.39 is 17.3 Å². The summed E-state index contributed by atoms with van der Waals surface area (Å²) in [6.45, 7) is -0.130. The summed E-state index contributed by atoms with van der Waals surface area (Å²) in [5.41, 5.74) is -1.09. The van der Waals surface area contributed by atoms with Crippen molar-refractivity contribution in [1.29, 1.82) is 0 Å². The van der Waals surface area contributed by atoms with E-state index in [0.717, 1.165) is 21.3 Å². The van der Waals surface area contributed by atoms with E-state index in [1.54, 1.807) is 0 Å². The minimum Gasteiger partial charge on any atom is -0.479 e. The van der Waals surface area contributed by atoms with Crippen LogP contribution < -0.4 is 10.4 Å². The van der Waals surface area contributed by atoms with Gasteiger partial charge < -0.3 is 4.74 Å². The molecule has 0 saturated heterocycles. The van der Waals surface area contributed by atoms with Gasteiger partial charge in [0.05, 0.1) is 10.7 Å². The number of thioether (sulfide) groups is 1. The number of halogens is 5. The van der Waals surface area contributed by atoms with Gasteiger partial charge in [0.25, 0.3) is 5.76 Å². The zero-order valence-corrected chi connectivity index (χ0v) is 14.4. The Kier molecular flexibility index (Phi) is 5.80. The summed E-state index contributed by atoms with van der Waals surface area (Å²) in [5.74, 6) is -1.43. The predicted octanol–water partition coefficient (Wildman–Crippen LogP) is 3.95. The van der Waals surface area contributed by atoms with Crippen LogP contribution in [-0.2, 0) is 7.05 Å². The lowest BCUT2D eigenvalue weighted by molar-refractivity contribution is 0.251. The Morgan fingerprint density at radius 3 is 2.67 bits per heavy atom. The summed E-state index contributed by atoms with van der Waals surface area (Å²) >= 11 is 11.9. The molecule has 10 heteroatoms. The summed E-state index contributed by atoms with van der Waals surface area (Å²) in [7, 11) is 1.25. The average Bonchev–Trinajstić information content (AvgIpc) is 2.71. The Morgan fingerprint density at radius 2 is 2.08 bits per heavy atom. The van der Waals surface area contributed by atoms with Crippen LogP contribution in [0, 0.1) is 18.2 Å². The lowest BCUT2D eigenvalue weighted by atomic mass is 10.3. The van der Waals surface area contributed by atoms with Gasteiger partial charge in [-0.05, 0) is 17.8 Å². The van der Waals surface area contributed by atoms with Crippen molar-refractivity contribution in [3.05, 3.63) is 38.6 Å². The van der Waals surface area contributed by atoms with E-state index in [1.807, 2.05) is 0 Å². The van der Waals surface area contributed by atoms with Gasteiger partial charge in [-0.3, -0.25) is 4.57 Å². The fraction of sp³-hybridized carbons (Fsp3) is 0.214. The van der Waals surface area contributed by atoms with Gasteiger partial charge in [0.15, 0.2) is 0 Å². The normalized spacial score (nSPS) is 10.9. The molecule has 0 aliphatic heterocycles. The maximum atomic E-state index is 14.2. The van der Waals surface area contributed by atoms with Gasteiger partial charge in [-0.15, -0.1) is 6.42 Å². The summed E-state index contributed by atoms with van der Waals surface area (Å²) < 4.78 is 46.3. The summed E-state index contributed by atoms with van der Waals surface area (Å²) in [6.07, 6.45) is 5.08. The first-order valence-electron chi connectivity index (χ1n) is 6.25. The van der Waals surface area contributed by atoms with Crippen molar-refractivity contribution < 1.29 is 17.9 Å². The van der Waals surface area contributed by atoms with Gasteiger partial charge in [-0.25, -0.2) is 13.8 Å². The fourth-order valence-electron chi connectivity index (χ4n) is 1.90. The lowest BCUT2D eigenvalue weighted by Crippen LogP contribution is -2.22. The molecule has 2 rings (SSSR count). The molecule has 1 aromatic heterocycles. The Balaban J connectivity index is 2.64.